The van der Waals surface area contributed by atoms with Crippen molar-refractivity contribution in [2.24, 2.45) is 5.73 Å². The van der Waals surface area contributed by atoms with Crippen LogP contribution in [-0.4, -0.2) is 50.1 Å². The standard InChI is InChI=1S/C18H19ClN4O4S/c19-15-6-5-14(28-15)18(26)22-13(9-20)17(25)21-11-1-3-12(4-2-11)23-7-8-27-10-16(23)24/h1-6,13H,7-10,20H2,(H,21,25)(H,22,26)/t13-/m1/s1. The highest BCUT2D eigenvalue weighted by atomic mass is 35.5. The van der Waals surface area contributed by atoms with Gasteiger partial charge in [0.2, 0.25) is 5.91 Å². The number of hydrogen-bond acceptors (Lipinski definition) is 6. The lowest BCUT2D eigenvalue weighted by molar-refractivity contribution is -0.125. The van der Waals surface area contributed by atoms with E-state index >= 15 is 0 Å². The first-order valence-corrected chi connectivity index (χ1v) is 9.72. The number of rotatable bonds is 6. The summed E-state index contributed by atoms with van der Waals surface area (Å²) in [7, 11) is 0. The molecule has 28 heavy (non-hydrogen) atoms. The molecule has 2 aromatic rings. The molecule has 1 aliphatic heterocycles. The number of carbonyl (C=O) groups is 3. The third kappa shape index (κ3) is 4.87. The summed E-state index contributed by atoms with van der Waals surface area (Å²) in [4.78, 5) is 38.5. The SMILES string of the molecule is NC[C@@H](NC(=O)c1ccc(Cl)s1)C(=O)Nc1ccc(N2CCOCC2=O)cc1. The molecule has 2 heterocycles. The van der Waals surface area contributed by atoms with E-state index in [-0.39, 0.29) is 19.1 Å². The van der Waals surface area contributed by atoms with Gasteiger partial charge in [0.25, 0.3) is 11.8 Å². The molecule has 1 saturated heterocycles. The van der Waals surface area contributed by atoms with Crippen LogP contribution < -0.4 is 21.3 Å². The largest absolute Gasteiger partial charge is 0.370 e. The monoisotopic (exact) mass is 422 g/mol. The van der Waals surface area contributed by atoms with E-state index in [1.54, 1.807) is 41.3 Å². The second-order valence-corrected chi connectivity index (χ2v) is 7.71. The fraction of sp³-hybridized carbons (Fsp3) is 0.278. The number of nitrogens with two attached hydrogens (primary N) is 1. The zero-order chi connectivity index (χ0) is 20.1. The van der Waals surface area contributed by atoms with E-state index in [1.165, 1.54) is 0 Å². The summed E-state index contributed by atoms with van der Waals surface area (Å²) >= 11 is 6.94. The highest BCUT2D eigenvalue weighted by Crippen LogP contribution is 2.22. The fourth-order valence-electron chi connectivity index (χ4n) is 2.64. The van der Waals surface area contributed by atoms with Gasteiger partial charge in [0.15, 0.2) is 0 Å². The first kappa shape index (κ1) is 20.3. The Balaban J connectivity index is 1.60. The molecule has 10 heteroatoms. The maximum atomic E-state index is 12.4. The summed E-state index contributed by atoms with van der Waals surface area (Å²) in [5.74, 6) is -0.958. The highest BCUT2D eigenvalue weighted by molar-refractivity contribution is 7.18. The van der Waals surface area contributed by atoms with Gasteiger partial charge in [0.05, 0.1) is 15.8 Å². The number of anilines is 2. The van der Waals surface area contributed by atoms with E-state index < -0.39 is 17.9 Å². The Morgan fingerprint density at radius 3 is 2.61 bits per heavy atom. The predicted molar refractivity (Wildman–Crippen MR) is 108 cm³/mol. The van der Waals surface area contributed by atoms with Crippen LogP contribution in [0.15, 0.2) is 36.4 Å². The summed E-state index contributed by atoms with van der Waals surface area (Å²) in [6, 6.07) is 9.15. The summed E-state index contributed by atoms with van der Waals surface area (Å²) in [6.07, 6.45) is 0. The second-order valence-electron chi connectivity index (χ2n) is 6.00. The lowest BCUT2D eigenvalue weighted by atomic mass is 10.2. The lowest BCUT2D eigenvalue weighted by Crippen LogP contribution is -2.48. The normalized spacial score (nSPS) is 15.2. The third-order valence-corrected chi connectivity index (χ3v) is 5.32. The Kier molecular flexibility index (Phi) is 6.63. The molecule has 0 radical (unpaired) electrons. The minimum Gasteiger partial charge on any atom is -0.370 e. The van der Waals surface area contributed by atoms with Gasteiger partial charge >= 0.3 is 0 Å². The number of halogens is 1. The molecule has 3 rings (SSSR count). The van der Waals surface area contributed by atoms with Crippen LogP contribution in [0.2, 0.25) is 4.34 Å². The van der Waals surface area contributed by atoms with Crippen LogP contribution in [0.3, 0.4) is 0 Å². The van der Waals surface area contributed by atoms with Gasteiger partial charge in [0.1, 0.15) is 12.6 Å². The van der Waals surface area contributed by atoms with Crippen LogP contribution in [0.25, 0.3) is 0 Å². The van der Waals surface area contributed by atoms with Crippen molar-refractivity contribution in [3.63, 3.8) is 0 Å². The van der Waals surface area contributed by atoms with Crippen molar-refractivity contribution in [1.29, 1.82) is 0 Å². The van der Waals surface area contributed by atoms with Crippen molar-refractivity contribution >= 4 is 52.0 Å². The number of benzene rings is 1. The van der Waals surface area contributed by atoms with Crippen molar-refractivity contribution in [2.75, 3.05) is 36.5 Å². The molecular weight excluding hydrogens is 404 g/mol. The van der Waals surface area contributed by atoms with Crippen LogP contribution in [0.1, 0.15) is 9.67 Å². The molecule has 0 saturated carbocycles. The quantitative estimate of drug-likeness (QED) is 0.652. The van der Waals surface area contributed by atoms with E-state index in [1.807, 2.05) is 0 Å². The molecular formula is C18H19ClN4O4S. The number of hydrogen-bond donors (Lipinski definition) is 3. The van der Waals surface area contributed by atoms with Crippen LogP contribution >= 0.6 is 22.9 Å². The van der Waals surface area contributed by atoms with Crippen molar-refractivity contribution in [2.45, 2.75) is 6.04 Å². The Hall–Kier alpha value is -2.46. The van der Waals surface area contributed by atoms with Crippen molar-refractivity contribution in [1.82, 2.24) is 5.32 Å². The molecule has 1 atom stereocenters. The number of ether oxygens (including phenoxy) is 1. The molecule has 0 bridgehead atoms. The zero-order valence-corrected chi connectivity index (χ0v) is 16.4. The maximum absolute atomic E-state index is 12.4. The van der Waals surface area contributed by atoms with E-state index in [2.05, 4.69) is 10.6 Å². The number of amides is 3. The number of morpholine rings is 1. The number of thiophene rings is 1. The van der Waals surface area contributed by atoms with Crippen LogP contribution in [-0.2, 0) is 14.3 Å². The summed E-state index contributed by atoms with van der Waals surface area (Å²) in [5.41, 5.74) is 6.90. The first-order chi connectivity index (χ1) is 13.5. The Morgan fingerprint density at radius 2 is 2.00 bits per heavy atom. The Bertz CT molecular complexity index is 871. The van der Waals surface area contributed by atoms with E-state index in [4.69, 9.17) is 22.1 Å². The minimum absolute atomic E-state index is 0.0585. The zero-order valence-electron chi connectivity index (χ0n) is 14.8. The highest BCUT2D eigenvalue weighted by Gasteiger charge is 2.22. The van der Waals surface area contributed by atoms with E-state index in [0.717, 1.165) is 17.0 Å². The average Bonchev–Trinajstić information content (AvgIpc) is 3.13. The van der Waals surface area contributed by atoms with Crippen molar-refractivity contribution in [3.05, 3.63) is 45.6 Å². The van der Waals surface area contributed by atoms with Crippen molar-refractivity contribution < 1.29 is 19.1 Å². The summed E-state index contributed by atoms with van der Waals surface area (Å²) in [5, 5.41) is 5.31. The van der Waals surface area contributed by atoms with Crippen LogP contribution in [0, 0.1) is 0 Å². The van der Waals surface area contributed by atoms with Crippen LogP contribution in [0.5, 0.6) is 0 Å². The summed E-state index contributed by atoms with van der Waals surface area (Å²) < 4.78 is 5.60. The number of nitrogens with zero attached hydrogens (tertiary/aromatic N) is 1. The molecule has 1 aromatic heterocycles. The molecule has 0 spiro atoms. The number of carbonyl (C=O) groups excluding carboxylic acids is 3. The summed E-state index contributed by atoms with van der Waals surface area (Å²) in [6.45, 7) is 0.971. The first-order valence-electron chi connectivity index (χ1n) is 8.53. The Morgan fingerprint density at radius 1 is 1.25 bits per heavy atom. The van der Waals surface area contributed by atoms with Gasteiger partial charge < -0.3 is 26.0 Å². The number of nitrogens with one attached hydrogen (secondary N) is 2. The molecule has 1 aromatic carbocycles. The molecule has 4 N–H and O–H groups in total. The molecule has 3 amide bonds. The smallest absolute Gasteiger partial charge is 0.262 e. The maximum Gasteiger partial charge on any atom is 0.262 e. The van der Waals surface area contributed by atoms with Crippen LogP contribution in [0.4, 0.5) is 11.4 Å². The topological polar surface area (TPSA) is 114 Å². The van der Waals surface area contributed by atoms with E-state index in [0.29, 0.717) is 28.1 Å². The van der Waals surface area contributed by atoms with E-state index in [9.17, 15) is 14.4 Å². The molecule has 1 aliphatic rings. The fourth-order valence-corrected chi connectivity index (χ4v) is 3.59. The molecule has 148 valence electrons. The molecule has 0 aliphatic carbocycles. The predicted octanol–water partition coefficient (Wildman–Crippen LogP) is 1.46. The van der Waals surface area contributed by atoms with Gasteiger partial charge in [-0.15, -0.1) is 11.3 Å². The molecule has 8 nitrogen and oxygen atoms in total. The lowest BCUT2D eigenvalue weighted by Gasteiger charge is -2.27. The van der Waals surface area contributed by atoms with Crippen molar-refractivity contribution in [3.8, 4) is 0 Å². The van der Waals surface area contributed by atoms with Gasteiger partial charge in [-0.1, -0.05) is 11.6 Å². The Labute approximate surface area is 170 Å². The van der Waals surface area contributed by atoms with Gasteiger partial charge in [-0.3, -0.25) is 14.4 Å². The van der Waals surface area contributed by atoms with Gasteiger partial charge in [-0.25, -0.2) is 0 Å². The van der Waals surface area contributed by atoms with Gasteiger partial charge in [-0.2, -0.15) is 0 Å². The minimum atomic E-state index is -0.895. The molecule has 1 fully saturated rings. The third-order valence-electron chi connectivity index (χ3n) is 4.09. The average molecular weight is 423 g/mol. The molecule has 0 unspecified atom stereocenters. The van der Waals surface area contributed by atoms with Gasteiger partial charge in [0, 0.05) is 24.5 Å². The second kappa shape index (κ2) is 9.16. The van der Waals surface area contributed by atoms with Gasteiger partial charge in [-0.05, 0) is 36.4 Å².